The summed E-state index contributed by atoms with van der Waals surface area (Å²) >= 11 is 0. The molecule has 3 aliphatic heterocycles. The first kappa shape index (κ1) is 14.5. The van der Waals surface area contributed by atoms with Crippen LogP contribution < -0.4 is 0 Å². The van der Waals surface area contributed by atoms with Crippen LogP contribution in [0.2, 0.25) is 0 Å². The van der Waals surface area contributed by atoms with Gasteiger partial charge in [0.05, 0.1) is 6.61 Å². The highest BCUT2D eigenvalue weighted by atomic mass is 16.5. The van der Waals surface area contributed by atoms with Crippen molar-refractivity contribution in [3.8, 4) is 0 Å². The molecule has 0 spiro atoms. The van der Waals surface area contributed by atoms with Crippen molar-refractivity contribution in [3.63, 3.8) is 0 Å². The van der Waals surface area contributed by atoms with Crippen molar-refractivity contribution in [2.75, 3.05) is 26.2 Å². The molecule has 3 fully saturated rings. The van der Waals surface area contributed by atoms with Gasteiger partial charge in [-0.25, -0.2) is 0 Å². The molecule has 1 aromatic carbocycles. The Morgan fingerprint density at radius 3 is 2.52 bits per heavy atom. The van der Waals surface area contributed by atoms with Gasteiger partial charge in [0.2, 0.25) is 0 Å². The number of hydrogen-bond donors (Lipinski definition) is 1. The number of hydrogen-bond acceptors (Lipinski definition) is 4. The fraction of sp³-hybridized carbons (Fsp3) is 0.588. The molecule has 1 aromatic rings. The van der Waals surface area contributed by atoms with Gasteiger partial charge in [0.15, 0.2) is 0 Å². The SMILES string of the molecule is CC(CO)(C(=O)OC1CN2CCC1CC2)c1ccccc1. The molecule has 4 heteroatoms. The average Bonchev–Trinajstić information content (AvgIpc) is 2.56. The molecule has 3 heterocycles. The van der Waals surface area contributed by atoms with Crippen molar-refractivity contribution in [3.05, 3.63) is 35.9 Å². The first-order valence-corrected chi connectivity index (χ1v) is 7.73. The smallest absolute Gasteiger partial charge is 0.318 e. The Morgan fingerprint density at radius 2 is 2.00 bits per heavy atom. The van der Waals surface area contributed by atoms with Crippen LogP contribution >= 0.6 is 0 Å². The molecule has 0 aromatic heterocycles. The van der Waals surface area contributed by atoms with Crippen LogP contribution in [-0.4, -0.2) is 48.3 Å². The van der Waals surface area contributed by atoms with Crippen LogP contribution in [-0.2, 0) is 14.9 Å². The maximum Gasteiger partial charge on any atom is 0.318 e. The summed E-state index contributed by atoms with van der Waals surface area (Å²) in [5, 5.41) is 9.76. The summed E-state index contributed by atoms with van der Waals surface area (Å²) in [6, 6.07) is 9.40. The Hall–Kier alpha value is -1.39. The Balaban J connectivity index is 1.74. The summed E-state index contributed by atoms with van der Waals surface area (Å²) in [5.41, 5.74) is -0.174. The minimum Gasteiger partial charge on any atom is -0.460 e. The van der Waals surface area contributed by atoms with Crippen LogP contribution in [0.5, 0.6) is 0 Å². The second-order valence-electron chi connectivity index (χ2n) is 6.44. The van der Waals surface area contributed by atoms with Crippen molar-refractivity contribution >= 4 is 5.97 Å². The van der Waals surface area contributed by atoms with E-state index in [2.05, 4.69) is 4.90 Å². The summed E-state index contributed by atoms with van der Waals surface area (Å²) in [6.45, 7) is 4.60. The van der Waals surface area contributed by atoms with Crippen LogP contribution in [0.25, 0.3) is 0 Å². The Morgan fingerprint density at radius 1 is 1.33 bits per heavy atom. The van der Waals surface area contributed by atoms with Crippen LogP contribution in [0.1, 0.15) is 25.3 Å². The molecule has 0 saturated carbocycles. The first-order valence-electron chi connectivity index (χ1n) is 7.73. The monoisotopic (exact) mass is 289 g/mol. The van der Waals surface area contributed by atoms with Crippen LogP contribution in [0.15, 0.2) is 30.3 Å². The molecule has 3 saturated heterocycles. The predicted molar refractivity (Wildman–Crippen MR) is 79.9 cm³/mol. The quantitative estimate of drug-likeness (QED) is 0.855. The Kier molecular flexibility index (Phi) is 4.00. The normalized spacial score (nSPS) is 30.7. The van der Waals surface area contributed by atoms with Crippen LogP contribution in [0.3, 0.4) is 0 Å². The fourth-order valence-corrected chi connectivity index (χ4v) is 3.39. The number of esters is 1. The molecule has 4 nitrogen and oxygen atoms in total. The van der Waals surface area contributed by atoms with Gasteiger partial charge in [-0.3, -0.25) is 9.69 Å². The lowest BCUT2D eigenvalue weighted by Crippen LogP contribution is -2.53. The van der Waals surface area contributed by atoms with E-state index < -0.39 is 5.41 Å². The number of piperidine rings is 3. The molecule has 1 N–H and O–H groups in total. The highest BCUT2D eigenvalue weighted by Crippen LogP contribution is 2.32. The van der Waals surface area contributed by atoms with Crippen LogP contribution in [0.4, 0.5) is 0 Å². The summed E-state index contributed by atoms with van der Waals surface area (Å²) in [7, 11) is 0. The number of aliphatic hydroxyl groups excluding tert-OH is 1. The van der Waals surface area contributed by atoms with Gasteiger partial charge in [-0.15, -0.1) is 0 Å². The van der Waals surface area contributed by atoms with E-state index in [4.69, 9.17) is 4.74 Å². The summed E-state index contributed by atoms with van der Waals surface area (Å²) in [6.07, 6.45) is 2.20. The maximum atomic E-state index is 12.6. The molecule has 3 aliphatic rings. The Bertz CT molecular complexity index is 496. The molecule has 114 valence electrons. The van der Waals surface area contributed by atoms with E-state index in [-0.39, 0.29) is 18.7 Å². The zero-order valence-electron chi connectivity index (χ0n) is 12.5. The number of rotatable bonds is 4. The van der Waals surface area contributed by atoms with Crippen molar-refractivity contribution < 1.29 is 14.6 Å². The number of aliphatic hydroxyl groups is 1. The number of benzene rings is 1. The van der Waals surface area contributed by atoms with Gasteiger partial charge >= 0.3 is 5.97 Å². The molecule has 0 radical (unpaired) electrons. The molecule has 0 aliphatic carbocycles. The van der Waals surface area contributed by atoms with Crippen molar-refractivity contribution in [1.82, 2.24) is 4.90 Å². The van der Waals surface area contributed by atoms with E-state index in [9.17, 15) is 9.90 Å². The molecule has 0 amide bonds. The highest BCUT2D eigenvalue weighted by Gasteiger charge is 2.42. The number of fused-ring (bicyclic) bond motifs is 3. The maximum absolute atomic E-state index is 12.6. The first-order chi connectivity index (χ1) is 10.1. The molecule has 2 atom stereocenters. The summed E-state index contributed by atoms with van der Waals surface area (Å²) < 4.78 is 5.80. The third-order valence-corrected chi connectivity index (χ3v) is 5.03. The largest absolute Gasteiger partial charge is 0.460 e. The number of ether oxygens (including phenoxy) is 1. The van der Waals surface area contributed by atoms with Gasteiger partial charge in [-0.1, -0.05) is 30.3 Å². The Labute approximate surface area is 125 Å². The van der Waals surface area contributed by atoms with Gasteiger partial charge < -0.3 is 9.84 Å². The number of carbonyl (C=O) groups is 1. The standard InChI is InChI=1S/C17H23NO3/c1-17(12-19,14-5-3-2-4-6-14)16(20)21-15-11-18-9-7-13(15)8-10-18/h2-6,13,15,19H,7-12H2,1H3. The highest BCUT2D eigenvalue weighted by molar-refractivity contribution is 5.83. The van der Waals surface area contributed by atoms with Gasteiger partial charge in [0.25, 0.3) is 0 Å². The van der Waals surface area contributed by atoms with E-state index in [1.807, 2.05) is 30.3 Å². The lowest BCUT2D eigenvalue weighted by atomic mass is 9.82. The molecular weight excluding hydrogens is 266 g/mol. The van der Waals surface area contributed by atoms with Gasteiger partial charge in [-0.05, 0) is 44.3 Å². The van der Waals surface area contributed by atoms with E-state index in [0.29, 0.717) is 5.92 Å². The predicted octanol–water partition coefficient (Wildman–Crippen LogP) is 1.57. The zero-order chi connectivity index (χ0) is 14.9. The molecule has 21 heavy (non-hydrogen) atoms. The summed E-state index contributed by atoms with van der Waals surface area (Å²) in [5.74, 6) is 0.174. The van der Waals surface area contributed by atoms with Gasteiger partial charge in [-0.2, -0.15) is 0 Å². The fourth-order valence-electron chi connectivity index (χ4n) is 3.39. The lowest BCUT2D eigenvalue weighted by molar-refractivity contribution is -0.166. The van der Waals surface area contributed by atoms with E-state index in [1.165, 1.54) is 0 Å². The molecule has 4 rings (SSSR count). The molecule has 2 unspecified atom stereocenters. The second kappa shape index (κ2) is 5.78. The van der Waals surface area contributed by atoms with Gasteiger partial charge in [0.1, 0.15) is 11.5 Å². The second-order valence-corrected chi connectivity index (χ2v) is 6.44. The third kappa shape index (κ3) is 2.70. The molecule has 2 bridgehead atoms. The number of nitrogens with zero attached hydrogens (tertiary/aromatic N) is 1. The van der Waals surface area contributed by atoms with E-state index >= 15 is 0 Å². The summed E-state index contributed by atoms with van der Waals surface area (Å²) in [4.78, 5) is 15.0. The minimum atomic E-state index is -0.979. The number of carbonyl (C=O) groups excluding carboxylic acids is 1. The average molecular weight is 289 g/mol. The molecular formula is C17H23NO3. The van der Waals surface area contributed by atoms with Gasteiger partial charge in [0, 0.05) is 6.54 Å². The topological polar surface area (TPSA) is 49.8 Å². The van der Waals surface area contributed by atoms with Crippen molar-refractivity contribution in [2.24, 2.45) is 5.92 Å². The van der Waals surface area contributed by atoms with E-state index in [1.54, 1.807) is 6.92 Å². The zero-order valence-corrected chi connectivity index (χ0v) is 12.5. The third-order valence-electron chi connectivity index (χ3n) is 5.03. The van der Waals surface area contributed by atoms with Crippen molar-refractivity contribution in [2.45, 2.75) is 31.3 Å². The van der Waals surface area contributed by atoms with Crippen molar-refractivity contribution in [1.29, 1.82) is 0 Å². The van der Waals surface area contributed by atoms with E-state index in [0.717, 1.165) is 38.0 Å². The van der Waals surface area contributed by atoms with Crippen LogP contribution in [0, 0.1) is 5.92 Å². The minimum absolute atomic E-state index is 0.0189. The lowest BCUT2D eigenvalue weighted by Gasteiger charge is -2.44.